The molecule has 1 aromatic carbocycles. The molecule has 124 valence electrons. The van der Waals surface area contributed by atoms with Crippen LogP contribution in [0, 0.1) is 0 Å². The van der Waals surface area contributed by atoms with E-state index < -0.39 is 0 Å². The molecule has 1 amide bonds. The SMILES string of the molecule is NC[C@H]1CC[C@@H](C(=O)N(C2CC2)C2CCCc3ccccc32)O1. The molecule has 3 atom stereocenters. The molecule has 1 saturated carbocycles. The van der Waals surface area contributed by atoms with E-state index in [0.29, 0.717) is 12.6 Å². The van der Waals surface area contributed by atoms with Crippen molar-refractivity contribution in [3.8, 4) is 0 Å². The molecule has 2 aliphatic carbocycles. The second kappa shape index (κ2) is 6.25. The van der Waals surface area contributed by atoms with Gasteiger partial charge >= 0.3 is 0 Å². The van der Waals surface area contributed by atoms with E-state index >= 15 is 0 Å². The summed E-state index contributed by atoms with van der Waals surface area (Å²) < 4.78 is 5.89. The lowest BCUT2D eigenvalue weighted by molar-refractivity contribution is -0.146. The Morgan fingerprint density at radius 3 is 2.74 bits per heavy atom. The summed E-state index contributed by atoms with van der Waals surface area (Å²) in [5.74, 6) is 0.199. The van der Waals surface area contributed by atoms with Gasteiger partial charge in [-0.1, -0.05) is 24.3 Å². The molecule has 3 aliphatic rings. The zero-order chi connectivity index (χ0) is 15.8. The number of hydrogen-bond acceptors (Lipinski definition) is 3. The quantitative estimate of drug-likeness (QED) is 0.929. The summed E-state index contributed by atoms with van der Waals surface area (Å²) in [6.07, 6.45) is 7.15. The van der Waals surface area contributed by atoms with Crippen LogP contribution in [0.1, 0.15) is 55.7 Å². The minimum Gasteiger partial charge on any atom is -0.364 e. The molecule has 4 nitrogen and oxygen atoms in total. The highest BCUT2D eigenvalue weighted by atomic mass is 16.5. The van der Waals surface area contributed by atoms with Crippen LogP contribution in [0.5, 0.6) is 0 Å². The summed E-state index contributed by atoms with van der Waals surface area (Å²) in [7, 11) is 0. The van der Waals surface area contributed by atoms with Crippen LogP contribution in [-0.2, 0) is 16.0 Å². The van der Waals surface area contributed by atoms with Crippen molar-refractivity contribution in [1.82, 2.24) is 4.90 Å². The Hall–Kier alpha value is -1.39. The maximum Gasteiger partial charge on any atom is 0.252 e. The Labute approximate surface area is 138 Å². The first-order chi connectivity index (χ1) is 11.3. The summed E-state index contributed by atoms with van der Waals surface area (Å²) in [6, 6.07) is 9.28. The second-order valence-corrected chi connectivity index (χ2v) is 7.14. The first kappa shape index (κ1) is 15.2. The lowest BCUT2D eigenvalue weighted by atomic mass is 9.86. The zero-order valence-electron chi connectivity index (χ0n) is 13.6. The third kappa shape index (κ3) is 2.90. The molecule has 0 spiro atoms. The van der Waals surface area contributed by atoms with E-state index in [4.69, 9.17) is 10.5 Å². The number of benzene rings is 1. The van der Waals surface area contributed by atoms with Gasteiger partial charge in [0.2, 0.25) is 0 Å². The number of ether oxygens (including phenoxy) is 1. The van der Waals surface area contributed by atoms with Crippen LogP contribution >= 0.6 is 0 Å². The van der Waals surface area contributed by atoms with E-state index in [1.54, 1.807) is 0 Å². The molecule has 4 rings (SSSR count). The number of amides is 1. The molecular weight excluding hydrogens is 288 g/mol. The molecule has 1 heterocycles. The summed E-state index contributed by atoms with van der Waals surface area (Å²) in [5.41, 5.74) is 8.47. The largest absolute Gasteiger partial charge is 0.364 e. The van der Waals surface area contributed by atoms with Gasteiger partial charge in [-0.2, -0.15) is 0 Å². The average molecular weight is 314 g/mol. The molecular formula is C19H26N2O2. The summed E-state index contributed by atoms with van der Waals surface area (Å²) >= 11 is 0. The Morgan fingerprint density at radius 1 is 1.17 bits per heavy atom. The molecule has 1 aliphatic heterocycles. The van der Waals surface area contributed by atoms with Crippen molar-refractivity contribution in [2.24, 2.45) is 5.73 Å². The van der Waals surface area contributed by atoms with Gasteiger partial charge in [-0.3, -0.25) is 4.79 Å². The highest BCUT2D eigenvalue weighted by Crippen LogP contribution is 2.42. The summed E-state index contributed by atoms with van der Waals surface area (Å²) in [5, 5.41) is 0. The van der Waals surface area contributed by atoms with E-state index in [-0.39, 0.29) is 24.2 Å². The van der Waals surface area contributed by atoms with Crippen LogP contribution in [0.15, 0.2) is 24.3 Å². The van der Waals surface area contributed by atoms with Crippen molar-refractivity contribution in [1.29, 1.82) is 0 Å². The predicted octanol–water partition coefficient (Wildman–Crippen LogP) is 2.56. The molecule has 4 heteroatoms. The second-order valence-electron chi connectivity index (χ2n) is 7.14. The van der Waals surface area contributed by atoms with Gasteiger partial charge in [-0.05, 0) is 56.1 Å². The van der Waals surface area contributed by atoms with Crippen molar-refractivity contribution in [3.63, 3.8) is 0 Å². The van der Waals surface area contributed by atoms with Gasteiger partial charge in [0.25, 0.3) is 5.91 Å². The van der Waals surface area contributed by atoms with Gasteiger partial charge in [-0.15, -0.1) is 0 Å². The van der Waals surface area contributed by atoms with Crippen molar-refractivity contribution in [2.45, 2.75) is 69.2 Å². The van der Waals surface area contributed by atoms with E-state index in [0.717, 1.165) is 44.9 Å². The monoisotopic (exact) mass is 314 g/mol. The molecule has 0 radical (unpaired) electrons. The number of hydrogen-bond donors (Lipinski definition) is 1. The van der Waals surface area contributed by atoms with Crippen molar-refractivity contribution < 1.29 is 9.53 Å². The van der Waals surface area contributed by atoms with Gasteiger partial charge < -0.3 is 15.4 Å². The van der Waals surface area contributed by atoms with Gasteiger partial charge in [0.05, 0.1) is 12.1 Å². The van der Waals surface area contributed by atoms with Crippen LogP contribution in [0.3, 0.4) is 0 Å². The Balaban J connectivity index is 1.58. The van der Waals surface area contributed by atoms with Crippen molar-refractivity contribution >= 4 is 5.91 Å². The van der Waals surface area contributed by atoms with Gasteiger partial charge in [0, 0.05) is 12.6 Å². The molecule has 0 aromatic heterocycles. The summed E-state index contributed by atoms with van der Waals surface area (Å²) in [6.45, 7) is 0.513. The van der Waals surface area contributed by atoms with Gasteiger partial charge in [0.1, 0.15) is 6.10 Å². The number of aryl methyl sites for hydroxylation is 1. The third-order valence-electron chi connectivity index (χ3n) is 5.51. The predicted molar refractivity (Wildman–Crippen MR) is 88.9 cm³/mol. The van der Waals surface area contributed by atoms with E-state index in [1.807, 2.05) is 0 Å². The topological polar surface area (TPSA) is 55.6 Å². The number of carbonyl (C=O) groups excluding carboxylic acids is 1. The van der Waals surface area contributed by atoms with Gasteiger partial charge in [0.15, 0.2) is 0 Å². The number of rotatable bonds is 4. The van der Waals surface area contributed by atoms with Crippen molar-refractivity contribution in [2.75, 3.05) is 6.54 Å². The molecule has 0 bridgehead atoms. The number of fused-ring (bicyclic) bond motifs is 1. The molecule has 1 unspecified atom stereocenters. The first-order valence-electron chi connectivity index (χ1n) is 9.03. The van der Waals surface area contributed by atoms with Crippen LogP contribution < -0.4 is 5.73 Å². The molecule has 2 fully saturated rings. The van der Waals surface area contributed by atoms with Crippen LogP contribution in [-0.4, -0.2) is 35.6 Å². The number of nitrogens with two attached hydrogens (primary N) is 1. The Kier molecular flexibility index (Phi) is 4.12. The zero-order valence-corrected chi connectivity index (χ0v) is 13.6. The molecule has 2 N–H and O–H groups in total. The smallest absolute Gasteiger partial charge is 0.252 e. The molecule has 1 saturated heterocycles. The number of carbonyl (C=O) groups is 1. The highest BCUT2D eigenvalue weighted by Gasteiger charge is 2.43. The lowest BCUT2D eigenvalue weighted by Gasteiger charge is -2.37. The van der Waals surface area contributed by atoms with E-state index in [2.05, 4.69) is 29.2 Å². The fraction of sp³-hybridized carbons (Fsp3) is 0.632. The fourth-order valence-corrected chi connectivity index (χ4v) is 4.18. The number of nitrogens with zero attached hydrogens (tertiary/aromatic N) is 1. The first-order valence-corrected chi connectivity index (χ1v) is 9.03. The molecule has 1 aromatic rings. The Morgan fingerprint density at radius 2 is 2.00 bits per heavy atom. The normalized spacial score (nSPS) is 30.0. The van der Waals surface area contributed by atoms with Crippen molar-refractivity contribution in [3.05, 3.63) is 35.4 Å². The minimum absolute atomic E-state index is 0.0589. The highest BCUT2D eigenvalue weighted by molar-refractivity contribution is 5.82. The maximum atomic E-state index is 13.2. The lowest BCUT2D eigenvalue weighted by Crippen LogP contribution is -2.44. The van der Waals surface area contributed by atoms with Gasteiger partial charge in [-0.25, -0.2) is 0 Å². The van der Waals surface area contributed by atoms with E-state index in [1.165, 1.54) is 11.1 Å². The fourth-order valence-electron chi connectivity index (χ4n) is 4.18. The maximum absolute atomic E-state index is 13.2. The van der Waals surface area contributed by atoms with E-state index in [9.17, 15) is 4.79 Å². The Bertz CT molecular complexity index is 584. The summed E-state index contributed by atoms with van der Waals surface area (Å²) in [4.78, 5) is 15.3. The third-order valence-corrected chi connectivity index (χ3v) is 5.51. The average Bonchev–Trinajstić information content (AvgIpc) is 3.30. The van der Waals surface area contributed by atoms with Crippen LogP contribution in [0.2, 0.25) is 0 Å². The molecule has 23 heavy (non-hydrogen) atoms. The van der Waals surface area contributed by atoms with Crippen LogP contribution in [0.4, 0.5) is 0 Å². The minimum atomic E-state index is -0.279. The standard InChI is InChI=1S/C19H26N2O2/c20-12-15-10-11-18(23-15)19(22)21(14-8-9-14)17-7-3-5-13-4-1-2-6-16(13)17/h1-2,4,6,14-15,17-18H,3,5,7-12,20H2/t15-,17?,18+/m1/s1. The van der Waals surface area contributed by atoms with Crippen LogP contribution in [0.25, 0.3) is 0 Å².